The average Bonchev–Trinajstić information content (AvgIpc) is 2.42. The van der Waals surface area contributed by atoms with Gasteiger partial charge >= 0.3 is 0 Å². The summed E-state index contributed by atoms with van der Waals surface area (Å²) >= 11 is 3.47. The number of nitrogens with one attached hydrogen (secondary N) is 2. The Morgan fingerprint density at radius 1 is 1.20 bits per heavy atom. The molecule has 1 aliphatic carbocycles. The molecule has 0 spiro atoms. The molecule has 1 fully saturated rings. The number of aromatic nitrogens is 2. The first kappa shape index (κ1) is 15.5. The molecule has 1 heterocycles. The van der Waals surface area contributed by atoms with Crippen molar-refractivity contribution < 1.29 is 5.11 Å². The van der Waals surface area contributed by atoms with E-state index in [9.17, 15) is 5.11 Å². The molecule has 20 heavy (non-hydrogen) atoms. The molecule has 1 aliphatic rings. The number of nitrogens with zero attached hydrogens (tertiary/aromatic N) is 2. The zero-order valence-corrected chi connectivity index (χ0v) is 13.9. The molecule has 0 aliphatic heterocycles. The van der Waals surface area contributed by atoms with Crippen molar-refractivity contribution >= 4 is 27.6 Å². The van der Waals surface area contributed by atoms with Gasteiger partial charge in [0.25, 0.3) is 0 Å². The predicted octanol–water partition coefficient (Wildman–Crippen LogP) is 3.02. The van der Waals surface area contributed by atoms with Crippen molar-refractivity contribution in [1.82, 2.24) is 9.97 Å². The number of hydrogen-bond donors (Lipinski definition) is 3. The van der Waals surface area contributed by atoms with E-state index >= 15 is 0 Å². The first-order valence-corrected chi connectivity index (χ1v) is 7.79. The van der Waals surface area contributed by atoms with Gasteiger partial charge in [-0.05, 0) is 47.0 Å². The van der Waals surface area contributed by atoms with Gasteiger partial charge in [-0.25, -0.2) is 9.97 Å². The lowest BCUT2D eigenvalue weighted by atomic mass is 9.71. The summed E-state index contributed by atoms with van der Waals surface area (Å²) in [5, 5.41) is 16.9. The van der Waals surface area contributed by atoms with Crippen molar-refractivity contribution in [3.63, 3.8) is 0 Å². The molecular weight excluding hydrogens is 320 g/mol. The van der Waals surface area contributed by atoms with Crippen LogP contribution in [0, 0.1) is 5.41 Å². The van der Waals surface area contributed by atoms with E-state index in [4.69, 9.17) is 0 Å². The average molecular weight is 343 g/mol. The monoisotopic (exact) mass is 342 g/mol. The van der Waals surface area contributed by atoms with Crippen LogP contribution in [-0.2, 0) is 0 Å². The van der Waals surface area contributed by atoms with Crippen LogP contribution < -0.4 is 10.6 Å². The van der Waals surface area contributed by atoms with E-state index in [1.807, 2.05) is 7.05 Å². The third kappa shape index (κ3) is 3.61. The standard InChI is InChI=1S/C14H23BrN4O/c1-13(2)4-6-14(20,7-5-13)8-17-12-10(15)11(16-3)18-9-19-12/h9,20H,4-8H2,1-3H3,(H2,16,17,18,19). The van der Waals surface area contributed by atoms with Crippen LogP contribution in [0.4, 0.5) is 11.6 Å². The summed E-state index contributed by atoms with van der Waals surface area (Å²) in [6, 6.07) is 0. The van der Waals surface area contributed by atoms with Gasteiger partial charge in [-0.15, -0.1) is 0 Å². The van der Waals surface area contributed by atoms with Gasteiger partial charge in [-0.2, -0.15) is 0 Å². The molecule has 0 aromatic carbocycles. The van der Waals surface area contributed by atoms with Crippen LogP contribution in [0.5, 0.6) is 0 Å². The van der Waals surface area contributed by atoms with Gasteiger partial charge in [0.2, 0.25) is 0 Å². The van der Waals surface area contributed by atoms with Crippen molar-refractivity contribution in [2.45, 2.75) is 45.1 Å². The molecule has 0 amide bonds. The highest BCUT2D eigenvalue weighted by molar-refractivity contribution is 9.10. The normalized spacial score (nSPS) is 20.4. The summed E-state index contributed by atoms with van der Waals surface area (Å²) in [5.41, 5.74) is -0.291. The van der Waals surface area contributed by atoms with Gasteiger partial charge in [0.05, 0.1) is 5.60 Å². The minimum absolute atomic E-state index is 0.348. The summed E-state index contributed by atoms with van der Waals surface area (Å²) in [6.45, 7) is 5.04. The van der Waals surface area contributed by atoms with Crippen molar-refractivity contribution in [3.05, 3.63) is 10.8 Å². The highest BCUT2D eigenvalue weighted by Gasteiger charge is 2.36. The second kappa shape index (κ2) is 5.85. The molecule has 0 unspecified atom stereocenters. The summed E-state index contributed by atoms with van der Waals surface area (Å²) in [6.07, 6.45) is 5.27. The third-order valence-corrected chi connectivity index (χ3v) is 4.90. The van der Waals surface area contributed by atoms with Gasteiger partial charge in [0.1, 0.15) is 22.4 Å². The molecule has 1 saturated carbocycles. The van der Waals surface area contributed by atoms with Gasteiger partial charge in [0, 0.05) is 13.6 Å². The number of halogens is 1. The first-order chi connectivity index (χ1) is 9.35. The van der Waals surface area contributed by atoms with Crippen LogP contribution in [0.3, 0.4) is 0 Å². The molecular formula is C14H23BrN4O. The fourth-order valence-electron chi connectivity index (χ4n) is 2.48. The minimum atomic E-state index is -0.639. The van der Waals surface area contributed by atoms with Crippen molar-refractivity contribution in [2.75, 3.05) is 24.2 Å². The molecule has 0 bridgehead atoms. The lowest BCUT2D eigenvalue weighted by molar-refractivity contribution is -0.0146. The minimum Gasteiger partial charge on any atom is -0.388 e. The molecule has 0 radical (unpaired) electrons. The quantitative estimate of drug-likeness (QED) is 0.784. The second-order valence-electron chi connectivity index (χ2n) is 6.38. The van der Waals surface area contributed by atoms with Crippen LogP contribution in [0.15, 0.2) is 10.8 Å². The Bertz CT molecular complexity index is 468. The van der Waals surface area contributed by atoms with Gasteiger partial charge in [-0.3, -0.25) is 0 Å². The summed E-state index contributed by atoms with van der Waals surface area (Å²) in [7, 11) is 1.81. The molecule has 1 aromatic rings. The zero-order valence-electron chi connectivity index (χ0n) is 12.3. The Morgan fingerprint density at radius 2 is 1.80 bits per heavy atom. The smallest absolute Gasteiger partial charge is 0.146 e. The Kier molecular flexibility index (Phi) is 4.54. The van der Waals surface area contributed by atoms with E-state index in [0.717, 1.165) is 36.0 Å². The maximum atomic E-state index is 10.6. The highest BCUT2D eigenvalue weighted by Crippen LogP contribution is 2.40. The topological polar surface area (TPSA) is 70.1 Å². The summed E-state index contributed by atoms with van der Waals surface area (Å²) in [5.74, 6) is 1.45. The van der Waals surface area contributed by atoms with E-state index in [1.165, 1.54) is 6.33 Å². The van der Waals surface area contributed by atoms with Crippen molar-refractivity contribution in [1.29, 1.82) is 0 Å². The molecule has 5 nitrogen and oxygen atoms in total. The first-order valence-electron chi connectivity index (χ1n) is 7.00. The Balaban J connectivity index is 1.99. The Hall–Kier alpha value is -0.880. The Labute approximate surface area is 128 Å². The molecule has 6 heteroatoms. The van der Waals surface area contributed by atoms with Crippen LogP contribution >= 0.6 is 15.9 Å². The van der Waals surface area contributed by atoms with Crippen LogP contribution in [0.2, 0.25) is 0 Å². The summed E-state index contributed by atoms with van der Waals surface area (Å²) < 4.78 is 0.794. The molecule has 0 atom stereocenters. The third-order valence-electron chi connectivity index (χ3n) is 4.15. The lowest BCUT2D eigenvalue weighted by Crippen LogP contribution is -2.42. The maximum Gasteiger partial charge on any atom is 0.146 e. The zero-order chi connectivity index (χ0) is 14.8. The molecule has 2 rings (SSSR count). The number of aliphatic hydroxyl groups is 1. The molecule has 3 N–H and O–H groups in total. The van der Waals surface area contributed by atoms with Gasteiger partial charge in [-0.1, -0.05) is 13.8 Å². The van der Waals surface area contributed by atoms with Gasteiger partial charge < -0.3 is 15.7 Å². The van der Waals surface area contributed by atoms with E-state index < -0.39 is 5.60 Å². The highest BCUT2D eigenvalue weighted by atomic mass is 79.9. The Morgan fingerprint density at radius 3 is 2.40 bits per heavy atom. The lowest BCUT2D eigenvalue weighted by Gasteiger charge is -2.40. The number of hydrogen-bond acceptors (Lipinski definition) is 5. The number of anilines is 2. The largest absolute Gasteiger partial charge is 0.388 e. The van der Waals surface area contributed by atoms with E-state index in [-0.39, 0.29) is 0 Å². The van der Waals surface area contributed by atoms with Crippen LogP contribution in [0.25, 0.3) is 0 Å². The van der Waals surface area contributed by atoms with Crippen molar-refractivity contribution in [2.24, 2.45) is 5.41 Å². The molecule has 1 aromatic heterocycles. The fraction of sp³-hybridized carbons (Fsp3) is 0.714. The maximum absolute atomic E-state index is 10.6. The predicted molar refractivity (Wildman–Crippen MR) is 85.0 cm³/mol. The van der Waals surface area contributed by atoms with Gasteiger partial charge in [0.15, 0.2) is 0 Å². The SMILES string of the molecule is CNc1ncnc(NCC2(O)CCC(C)(C)CC2)c1Br. The van der Waals surface area contributed by atoms with Crippen LogP contribution in [-0.4, -0.2) is 34.3 Å². The van der Waals surface area contributed by atoms with E-state index in [2.05, 4.69) is 50.4 Å². The molecule has 112 valence electrons. The summed E-state index contributed by atoms with van der Waals surface area (Å²) in [4.78, 5) is 8.33. The van der Waals surface area contributed by atoms with Crippen molar-refractivity contribution in [3.8, 4) is 0 Å². The van der Waals surface area contributed by atoms with E-state index in [1.54, 1.807) is 0 Å². The van der Waals surface area contributed by atoms with E-state index in [0.29, 0.717) is 17.8 Å². The van der Waals surface area contributed by atoms with Crippen LogP contribution in [0.1, 0.15) is 39.5 Å². The second-order valence-corrected chi connectivity index (χ2v) is 7.17. The molecule has 0 saturated heterocycles. The number of rotatable bonds is 4. The fourth-order valence-corrected chi connectivity index (χ4v) is 3.03.